The van der Waals surface area contributed by atoms with Gasteiger partial charge >= 0.3 is 0 Å². The van der Waals surface area contributed by atoms with Gasteiger partial charge in [0.2, 0.25) is 5.78 Å². The van der Waals surface area contributed by atoms with Crippen LogP contribution in [0.25, 0.3) is 0 Å². The monoisotopic (exact) mass is 286 g/mol. The third kappa shape index (κ3) is 2.53. The van der Waals surface area contributed by atoms with Crippen LogP contribution in [0.1, 0.15) is 21.3 Å². The van der Waals surface area contributed by atoms with Gasteiger partial charge in [-0.2, -0.15) is 0 Å². The van der Waals surface area contributed by atoms with Gasteiger partial charge < -0.3 is 5.11 Å². The number of benzene rings is 1. The molecule has 88 valence electrons. The van der Waals surface area contributed by atoms with Crippen molar-refractivity contribution in [1.29, 1.82) is 0 Å². The highest BCUT2D eigenvalue weighted by molar-refractivity contribution is 7.12. The van der Waals surface area contributed by atoms with Crippen LogP contribution >= 0.6 is 34.5 Å². The number of carbonyl (C=O) groups excluding carboxylic acids is 1. The van der Waals surface area contributed by atoms with Gasteiger partial charge in [0, 0.05) is 15.6 Å². The second-order valence-corrected chi connectivity index (χ2v) is 5.14. The van der Waals surface area contributed by atoms with Crippen molar-refractivity contribution in [2.24, 2.45) is 0 Å². The largest absolute Gasteiger partial charge is 0.380 e. The zero-order chi connectivity index (χ0) is 12.4. The SMILES string of the molecule is O=C(c1cccs1)C(O)c1c(Cl)cccc1Cl. The summed E-state index contributed by atoms with van der Waals surface area (Å²) in [4.78, 5) is 12.4. The van der Waals surface area contributed by atoms with Gasteiger partial charge in [0.15, 0.2) is 0 Å². The van der Waals surface area contributed by atoms with Crippen LogP contribution in [-0.2, 0) is 0 Å². The minimum atomic E-state index is -1.32. The lowest BCUT2D eigenvalue weighted by molar-refractivity contribution is 0.0752. The van der Waals surface area contributed by atoms with Gasteiger partial charge in [-0.3, -0.25) is 4.79 Å². The highest BCUT2D eigenvalue weighted by Crippen LogP contribution is 2.32. The summed E-state index contributed by atoms with van der Waals surface area (Å²) < 4.78 is 0. The molecule has 0 aliphatic rings. The number of aliphatic hydroxyl groups excluding tert-OH is 1. The summed E-state index contributed by atoms with van der Waals surface area (Å²) in [5.74, 6) is -0.394. The Morgan fingerprint density at radius 1 is 1.18 bits per heavy atom. The van der Waals surface area contributed by atoms with Gasteiger partial charge in [-0.05, 0) is 23.6 Å². The predicted molar refractivity (Wildman–Crippen MR) is 70.1 cm³/mol. The molecule has 0 radical (unpaired) electrons. The second-order valence-electron chi connectivity index (χ2n) is 3.38. The van der Waals surface area contributed by atoms with Crippen LogP contribution < -0.4 is 0 Å². The third-order valence-corrected chi connectivity index (χ3v) is 3.83. The fourth-order valence-corrected chi connectivity index (χ4v) is 2.75. The molecular formula is C12H8Cl2O2S. The van der Waals surface area contributed by atoms with Crippen molar-refractivity contribution in [2.45, 2.75) is 6.10 Å². The van der Waals surface area contributed by atoms with Crippen molar-refractivity contribution >= 4 is 40.3 Å². The summed E-state index contributed by atoms with van der Waals surface area (Å²) in [5, 5.41) is 12.4. The van der Waals surface area contributed by atoms with E-state index in [-0.39, 0.29) is 15.6 Å². The lowest BCUT2D eigenvalue weighted by Crippen LogP contribution is -2.12. The Morgan fingerprint density at radius 2 is 1.82 bits per heavy atom. The molecule has 5 heteroatoms. The molecule has 2 aromatic rings. The Bertz CT molecular complexity index is 517. The quantitative estimate of drug-likeness (QED) is 0.867. The van der Waals surface area contributed by atoms with Crippen LogP contribution in [-0.4, -0.2) is 10.9 Å². The highest BCUT2D eigenvalue weighted by atomic mass is 35.5. The smallest absolute Gasteiger partial charge is 0.205 e. The molecule has 0 spiro atoms. The number of hydrogen-bond donors (Lipinski definition) is 1. The number of Topliss-reactive ketones (excluding diaryl/α,β-unsaturated/α-hetero) is 1. The fraction of sp³-hybridized carbons (Fsp3) is 0.0833. The molecule has 1 N–H and O–H groups in total. The lowest BCUT2D eigenvalue weighted by atomic mass is 10.0. The van der Waals surface area contributed by atoms with Gasteiger partial charge in [-0.25, -0.2) is 0 Å². The fourth-order valence-electron chi connectivity index (χ4n) is 1.46. The highest BCUT2D eigenvalue weighted by Gasteiger charge is 2.24. The number of ketones is 1. The van der Waals surface area contributed by atoms with Crippen molar-refractivity contribution in [2.75, 3.05) is 0 Å². The van der Waals surface area contributed by atoms with E-state index in [0.29, 0.717) is 4.88 Å². The van der Waals surface area contributed by atoms with E-state index in [1.165, 1.54) is 11.3 Å². The second kappa shape index (κ2) is 5.19. The minimum Gasteiger partial charge on any atom is -0.380 e. The summed E-state index contributed by atoms with van der Waals surface area (Å²) in [6.07, 6.45) is -1.32. The van der Waals surface area contributed by atoms with Gasteiger partial charge in [-0.15, -0.1) is 11.3 Å². The lowest BCUT2D eigenvalue weighted by Gasteiger charge is -2.12. The maximum Gasteiger partial charge on any atom is 0.205 e. The molecule has 0 saturated carbocycles. The maximum absolute atomic E-state index is 12.0. The van der Waals surface area contributed by atoms with E-state index in [9.17, 15) is 9.90 Å². The summed E-state index contributed by atoms with van der Waals surface area (Å²) in [5.41, 5.74) is 0.259. The number of hydrogen-bond acceptors (Lipinski definition) is 3. The molecule has 0 bridgehead atoms. The molecule has 0 aliphatic heterocycles. The molecule has 2 nitrogen and oxygen atoms in total. The molecule has 1 unspecified atom stereocenters. The van der Waals surface area contributed by atoms with Gasteiger partial charge in [-0.1, -0.05) is 35.3 Å². The first-order valence-corrected chi connectivity index (χ1v) is 6.44. The van der Waals surface area contributed by atoms with E-state index in [2.05, 4.69) is 0 Å². The Hall–Kier alpha value is -0.870. The average Bonchev–Trinajstić information content (AvgIpc) is 2.81. The molecule has 2 rings (SSSR count). The molecule has 17 heavy (non-hydrogen) atoms. The Kier molecular flexibility index (Phi) is 3.84. The first-order valence-electron chi connectivity index (χ1n) is 4.81. The molecule has 1 aromatic heterocycles. The molecule has 0 fully saturated rings. The van der Waals surface area contributed by atoms with Crippen LogP contribution in [0, 0.1) is 0 Å². The van der Waals surface area contributed by atoms with E-state index in [1.54, 1.807) is 35.7 Å². The molecule has 1 atom stereocenters. The van der Waals surface area contributed by atoms with Crippen molar-refractivity contribution < 1.29 is 9.90 Å². The normalized spacial score (nSPS) is 12.4. The number of thiophene rings is 1. The number of halogens is 2. The zero-order valence-electron chi connectivity index (χ0n) is 8.56. The average molecular weight is 287 g/mol. The van der Waals surface area contributed by atoms with E-state index >= 15 is 0 Å². The summed E-state index contributed by atoms with van der Waals surface area (Å²) in [7, 11) is 0. The van der Waals surface area contributed by atoms with Crippen LogP contribution in [0.15, 0.2) is 35.7 Å². The Labute approximate surface area is 112 Å². The van der Waals surface area contributed by atoms with Crippen LogP contribution in [0.4, 0.5) is 0 Å². The summed E-state index contributed by atoms with van der Waals surface area (Å²) in [6.45, 7) is 0. The molecule has 0 saturated heterocycles. The van der Waals surface area contributed by atoms with Gasteiger partial charge in [0.05, 0.1) is 4.88 Å². The molecular weight excluding hydrogens is 279 g/mol. The van der Waals surface area contributed by atoms with Crippen molar-refractivity contribution in [1.82, 2.24) is 0 Å². The first kappa shape index (κ1) is 12.6. The third-order valence-electron chi connectivity index (χ3n) is 2.29. The van der Waals surface area contributed by atoms with Gasteiger partial charge in [0.25, 0.3) is 0 Å². The van der Waals surface area contributed by atoms with E-state index < -0.39 is 11.9 Å². The number of carbonyl (C=O) groups is 1. The summed E-state index contributed by atoms with van der Waals surface area (Å²) >= 11 is 13.1. The minimum absolute atomic E-state index is 0.259. The van der Waals surface area contributed by atoms with Crippen LogP contribution in [0.5, 0.6) is 0 Å². The Balaban J connectivity index is 2.38. The molecule has 1 aromatic carbocycles. The first-order chi connectivity index (χ1) is 8.11. The molecule has 1 heterocycles. The zero-order valence-corrected chi connectivity index (χ0v) is 10.9. The van der Waals surface area contributed by atoms with Crippen LogP contribution in [0.3, 0.4) is 0 Å². The van der Waals surface area contributed by atoms with Crippen molar-refractivity contribution in [3.63, 3.8) is 0 Å². The Morgan fingerprint density at radius 3 is 2.35 bits per heavy atom. The van der Waals surface area contributed by atoms with E-state index in [0.717, 1.165) is 0 Å². The van der Waals surface area contributed by atoms with E-state index in [1.807, 2.05) is 0 Å². The number of aliphatic hydroxyl groups is 1. The van der Waals surface area contributed by atoms with Gasteiger partial charge in [0.1, 0.15) is 6.10 Å². The number of rotatable bonds is 3. The molecule has 0 amide bonds. The molecule has 0 aliphatic carbocycles. The van der Waals surface area contributed by atoms with Crippen molar-refractivity contribution in [3.05, 3.63) is 56.2 Å². The summed E-state index contributed by atoms with van der Waals surface area (Å²) in [6, 6.07) is 8.25. The van der Waals surface area contributed by atoms with E-state index in [4.69, 9.17) is 23.2 Å². The maximum atomic E-state index is 12.0. The predicted octanol–water partition coefficient (Wildman–Crippen LogP) is 3.97. The van der Waals surface area contributed by atoms with Crippen molar-refractivity contribution in [3.8, 4) is 0 Å². The standard InChI is InChI=1S/C12H8Cl2O2S/c13-7-3-1-4-8(14)10(7)12(16)11(15)9-5-2-6-17-9/h1-6,12,16H. The van der Waals surface area contributed by atoms with Crippen LogP contribution in [0.2, 0.25) is 10.0 Å². The topological polar surface area (TPSA) is 37.3 Å².